The van der Waals surface area contributed by atoms with Crippen LogP contribution in [-0.4, -0.2) is 62.7 Å². The van der Waals surface area contributed by atoms with Crippen molar-refractivity contribution in [1.82, 2.24) is 24.3 Å². The van der Waals surface area contributed by atoms with Crippen LogP contribution in [0, 0.1) is 6.92 Å². The Labute approximate surface area is 244 Å². The Balaban J connectivity index is 1.28. The van der Waals surface area contributed by atoms with Crippen molar-refractivity contribution < 1.29 is 13.9 Å². The number of anilines is 2. The van der Waals surface area contributed by atoms with Gasteiger partial charge in [0, 0.05) is 54.1 Å². The van der Waals surface area contributed by atoms with Crippen molar-refractivity contribution in [3.8, 4) is 11.1 Å². The summed E-state index contributed by atoms with van der Waals surface area (Å²) in [5.74, 6) is -0.357. The molecule has 1 fully saturated rings. The summed E-state index contributed by atoms with van der Waals surface area (Å²) in [5, 5.41) is 11.3. The van der Waals surface area contributed by atoms with Crippen LogP contribution >= 0.6 is 22.9 Å². The van der Waals surface area contributed by atoms with E-state index >= 15 is 0 Å². The molecule has 41 heavy (non-hydrogen) atoms. The van der Waals surface area contributed by atoms with E-state index in [1.165, 1.54) is 11.3 Å². The number of ether oxygens (including phenoxy) is 1. The highest BCUT2D eigenvalue weighted by molar-refractivity contribution is 7.13. The second kappa shape index (κ2) is 10.6. The fourth-order valence-electron chi connectivity index (χ4n) is 5.74. The highest BCUT2D eigenvalue weighted by atomic mass is 35.5. The average molecular weight is 592 g/mol. The molecule has 2 aliphatic rings. The van der Waals surface area contributed by atoms with Crippen LogP contribution < -0.4 is 10.2 Å². The van der Waals surface area contributed by atoms with Crippen LogP contribution in [0.25, 0.3) is 22.0 Å². The molecule has 1 N–H and O–H groups in total. The lowest BCUT2D eigenvalue weighted by atomic mass is 9.98. The van der Waals surface area contributed by atoms with E-state index in [2.05, 4.69) is 44.5 Å². The van der Waals surface area contributed by atoms with Crippen LogP contribution in [-0.2, 0) is 22.5 Å². The third-order valence-corrected chi connectivity index (χ3v) is 8.80. The van der Waals surface area contributed by atoms with Gasteiger partial charge in [-0.3, -0.25) is 14.8 Å². The first-order chi connectivity index (χ1) is 20.0. The van der Waals surface area contributed by atoms with Crippen molar-refractivity contribution in [3.05, 3.63) is 76.4 Å². The number of aromatic nitrogens is 5. The molecule has 5 aromatic rings. The van der Waals surface area contributed by atoms with Crippen molar-refractivity contribution in [3.63, 3.8) is 0 Å². The number of amides is 1. The Morgan fingerprint density at radius 1 is 1.22 bits per heavy atom. The number of morpholine rings is 1. The number of halogens is 2. The fraction of sp³-hybridized carbons (Fsp3) is 0.310. The molecule has 0 spiro atoms. The summed E-state index contributed by atoms with van der Waals surface area (Å²) >= 11 is 8.15. The molecule has 0 saturated carbocycles. The van der Waals surface area contributed by atoms with E-state index < -0.39 is 12.2 Å². The molecule has 2 aromatic carbocycles. The first kappa shape index (κ1) is 26.1. The Bertz CT molecular complexity index is 1730. The lowest BCUT2D eigenvalue weighted by Crippen LogP contribution is -2.36. The van der Waals surface area contributed by atoms with Gasteiger partial charge in [0.05, 0.1) is 42.3 Å². The van der Waals surface area contributed by atoms with Crippen LogP contribution in [0.1, 0.15) is 23.0 Å². The van der Waals surface area contributed by atoms with Crippen molar-refractivity contribution in [1.29, 1.82) is 0 Å². The minimum Gasteiger partial charge on any atom is -0.378 e. The quantitative estimate of drug-likeness (QED) is 0.289. The average Bonchev–Trinajstić information content (AvgIpc) is 3.78. The number of imidazole rings is 1. The molecule has 9 nitrogen and oxygen atoms in total. The maximum absolute atomic E-state index is 14.3. The summed E-state index contributed by atoms with van der Waals surface area (Å²) in [6, 6.07) is 9.44. The van der Waals surface area contributed by atoms with Gasteiger partial charge in [0.1, 0.15) is 6.17 Å². The van der Waals surface area contributed by atoms with Gasteiger partial charge in [0.15, 0.2) is 11.2 Å². The molecule has 2 aliphatic heterocycles. The minimum absolute atomic E-state index is 0.196. The van der Waals surface area contributed by atoms with Crippen molar-refractivity contribution in [2.75, 3.05) is 36.5 Å². The summed E-state index contributed by atoms with van der Waals surface area (Å²) in [7, 11) is 0. The maximum atomic E-state index is 14.3. The Morgan fingerprint density at radius 2 is 2.02 bits per heavy atom. The number of rotatable bonds is 6. The fourth-order valence-corrected chi connectivity index (χ4v) is 6.52. The number of hydrogen-bond acceptors (Lipinski definition) is 7. The number of nitrogens with zero attached hydrogens (tertiary/aromatic N) is 6. The van der Waals surface area contributed by atoms with E-state index in [4.69, 9.17) is 21.4 Å². The third kappa shape index (κ3) is 4.77. The zero-order chi connectivity index (χ0) is 28.1. The molecular weight excluding hydrogens is 565 g/mol. The van der Waals surface area contributed by atoms with E-state index in [9.17, 15) is 9.18 Å². The number of nitrogens with one attached hydrogen (secondary N) is 1. The molecule has 3 aromatic heterocycles. The second-order valence-electron chi connectivity index (χ2n) is 10.3. The largest absolute Gasteiger partial charge is 0.378 e. The van der Waals surface area contributed by atoms with E-state index in [1.54, 1.807) is 33.3 Å². The topological polar surface area (TPSA) is 90.1 Å². The molecule has 2 atom stereocenters. The van der Waals surface area contributed by atoms with E-state index in [1.807, 2.05) is 13.0 Å². The number of hydrogen-bond donors (Lipinski definition) is 1. The summed E-state index contributed by atoms with van der Waals surface area (Å²) in [4.78, 5) is 24.7. The molecule has 210 valence electrons. The lowest BCUT2D eigenvalue weighted by Gasteiger charge is -2.29. The molecule has 1 saturated heterocycles. The van der Waals surface area contributed by atoms with Crippen LogP contribution in [0.3, 0.4) is 0 Å². The number of alkyl halides is 1. The SMILES string of the molecule is Cc1c(-c2ccc(N3CCOCC3)cc2)cc(Cl)c2cn(C(C(=O)Nc3nccs3)c3ncn4c3CC(F)C4)nc12. The maximum Gasteiger partial charge on any atom is 0.257 e. The van der Waals surface area contributed by atoms with Crippen LogP contribution in [0.4, 0.5) is 15.2 Å². The number of thiazole rings is 1. The molecule has 0 radical (unpaired) electrons. The van der Waals surface area contributed by atoms with E-state index in [-0.39, 0.29) is 18.9 Å². The number of fused-ring (bicyclic) bond motifs is 2. The normalized spacial score (nSPS) is 17.6. The molecule has 1 amide bonds. The predicted octanol–water partition coefficient (Wildman–Crippen LogP) is 5.28. The monoisotopic (exact) mass is 591 g/mol. The summed E-state index contributed by atoms with van der Waals surface area (Å²) in [5.41, 5.74) is 5.95. The van der Waals surface area contributed by atoms with Crippen LogP contribution in [0.5, 0.6) is 0 Å². The summed E-state index contributed by atoms with van der Waals surface area (Å²) in [6.45, 7) is 5.44. The standard InChI is InChI=1S/C29H27ClFN7O2S/c1-17-21(18-2-4-20(5-3-18)36-7-9-40-10-8-36)13-23(30)22-15-38(35-25(17)22)27(28(39)34-29-32-6-11-41-29)26-24-12-19(31)14-37(24)16-33-26/h2-6,11,13,15-16,19,27H,7-10,12,14H2,1H3,(H,32,34,39). The van der Waals surface area contributed by atoms with Crippen molar-refractivity contribution in [2.24, 2.45) is 0 Å². The number of benzene rings is 2. The molecule has 12 heteroatoms. The zero-order valence-corrected chi connectivity index (χ0v) is 23.8. The Kier molecular flexibility index (Phi) is 6.72. The summed E-state index contributed by atoms with van der Waals surface area (Å²) in [6.07, 6.45) is 4.17. The molecule has 2 unspecified atom stereocenters. The van der Waals surface area contributed by atoms with Crippen LogP contribution in [0.15, 0.2) is 54.4 Å². The Morgan fingerprint density at radius 3 is 2.78 bits per heavy atom. The van der Waals surface area contributed by atoms with Gasteiger partial charge >= 0.3 is 0 Å². The highest BCUT2D eigenvalue weighted by Gasteiger charge is 2.34. The first-order valence-corrected chi connectivity index (χ1v) is 14.7. The summed E-state index contributed by atoms with van der Waals surface area (Å²) < 4.78 is 23.1. The van der Waals surface area contributed by atoms with Crippen molar-refractivity contribution >= 4 is 50.6 Å². The first-order valence-electron chi connectivity index (χ1n) is 13.5. The Hall–Kier alpha value is -3.80. The van der Waals surface area contributed by atoms with Gasteiger partial charge in [-0.25, -0.2) is 14.4 Å². The smallest absolute Gasteiger partial charge is 0.257 e. The number of carbonyl (C=O) groups excluding carboxylic acids is 1. The van der Waals surface area contributed by atoms with Gasteiger partial charge in [0.2, 0.25) is 0 Å². The number of carbonyl (C=O) groups is 1. The molecule has 7 rings (SSSR count). The van der Waals surface area contributed by atoms with E-state index in [0.717, 1.165) is 54.1 Å². The molecular formula is C29H27ClFN7O2S. The molecule has 5 heterocycles. The van der Waals surface area contributed by atoms with Gasteiger partial charge in [-0.2, -0.15) is 5.10 Å². The van der Waals surface area contributed by atoms with E-state index in [0.29, 0.717) is 27.1 Å². The second-order valence-corrected chi connectivity index (χ2v) is 11.6. The van der Waals surface area contributed by atoms with Crippen molar-refractivity contribution in [2.45, 2.75) is 32.1 Å². The van der Waals surface area contributed by atoms with Gasteiger partial charge < -0.3 is 14.2 Å². The van der Waals surface area contributed by atoms with Gasteiger partial charge in [-0.15, -0.1) is 11.3 Å². The van der Waals surface area contributed by atoms with Crippen LogP contribution in [0.2, 0.25) is 5.02 Å². The van der Waals surface area contributed by atoms with Gasteiger partial charge in [-0.1, -0.05) is 23.7 Å². The molecule has 0 aliphatic carbocycles. The lowest BCUT2D eigenvalue weighted by molar-refractivity contribution is -0.118. The third-order valence-electron chi connectivity index (χ3n) is 7.80. The minimum atomic E-state index is -1.01. The number of aryl methyl sites for hydroxylation is 1. The molecule has 0 bridgehead atoms. The zero-order valence-electron chi connectivity index (χ0n) is 22.3. The highest BCUT2D eigenvalue weighted by Crippen LogP contribution is 2.37. The predicted molar refractivity (Wildman–Crippen MR) is 158 cm³/mol. The van der Waals surface area contributed by atoms with Gasteiger partial charge in [0.25, 0.3) is 5.91 Å². The van der Waals surface area contributed by atoms with Gasteiger partial charge in [-0.05, 0) is 41.8 Å².